The van der Waals surface area contributed by atoms with Crippen LogP contribution in [0.3, 0.4) is 0 Å². The van der Waals surface area contributed by atoms with Crippen molar-refractivity contribution >= 4 is 22.6 Å². The number of aromatic amines is 1. The summed E-state index contributed by atoms with van der Waals surface area (Å²) in [6.45, 7) is 6.98. The number of nitrogens with one attached hydrogen (secondary N) is 2. The summed E-state index contributed by atoms with van der Waals surface area (Å²) in [5, 5.41) is 2.91. The van der Waals surface area contributed by atoms with Crippen LogP contribution in [-0.4, -0.2) is 22.4 Å². The maximum absolute atomic E-state index is 11.8. The van der Waals surface area contributed by atoms with E-state index in [9.17, 15) is 4.79 Å². The van der Waals surface area contributed by atoms with E-state index < -0.39 is 0 Å². The third kappa shape index (κ3) is 4.04. The van der Waals surface area contributed by atoms with Gasteiger partial charge < -0.3 is 16.0 Å². The number of nitrogens with two attached hydrogens (primary N) is 1. The van der Waals surface area contributed by atoms with Gasteiger partial charge in [0.15, 0.2) is 0 Å². The smallest absolute Gasteiger partial charge is 0.224 e. The Balaban J connectivity index is 2.10. The van der Waals surface area contributed by atoms with E-state index in [4.69, 9.17) is 5.73 Å². The van der Waals surface area contributed by atoms with Gasteiger partial charge in [-0.15, -0.1) is 0 Å². The van der Waals surface area contributed by atoms with Gasteiger partial charge in [-0.05, 0) is 37.6 Å². The highest BCUT2D eigenvalue weighted by molar-refractivity contribution is 5.93. The fourth-order valence-corrected chi connectivity index (χ4v) is 2.10. The SMILES string of the molecule is CC(C)(C)c1nc2ccc(NC(=O)CCCCN)cc2[nH]1. The fraction of sp³-hybridized carbons (Fsp3) is 0.500. The topological polar surface area (TPSA) is 83.8 Å². The Hall–Kier alpha value is -1.88. The lowest BCUT2D eigenvalue weighted by Gasteiger charge is -2.13. The van der Waals surface area contributed by atoms with Gasteiger partial charge in [0.2, 0.25) is 5.91 Å². The average molecular weight is 288 g/mol. The highest BCUT2D eigenvalue weighted by Crippen LogP contribution is 2.24. The van der Waals surface area contributed by atoms with Crippen molar-refractivity contribution in [3.63, 3.8) is 0 Å². The third-order valence-electron chi connectivity index (χ3n) is 3.33. The van der Waals surface area contributed by atoms with Gasteiger partial charge in [0, 0.05) is 17.5 Å². The number of imidazole rings is 1. The molecule has 114 valence electrons. The lowest BCUT2D eigenvalue weighted by atomic mass is 9.96. The first kappa shape index (κ1) is 15.5. The first-order chi connectivity index (χ1) is 9.90. The number of H-pyrrole nitrogens is 1. The molecule has 1 aromatic heterocycles. The number of rotatable bonds is 5. The Morgan fingerprint density at radius 3 is 2.76 bits per heavy atom. The number of amides is 1. The second-order valence-corrected chi connectivity index (χ2v) is 6.36. The van der Waals surface area contributed by atoms with Gasteiger partial charge in [-0.3, -0.25) is 4.79 Å². The van der Waals surface area contributed by atoms with Crippen LogP contribution in [0.25, 0.3) is 11.0 Å². The molecule has 5 nitrogen and oxygen atoms in total. The predicted octanol–water partition coefficient (Wildman–Crippen LogP) is 2.93. The number of nitrogens with zero attached hydrogens (tertiary/aromatic N) is 1. The van der Waals surface area contributed by atoms with Gasteiger partial charge in [-0.25, -0.2) is 4.98 Å². The molecule has 0 aliphatic carbocycles. The Labute approximate surface area is 125 Å². The zero-order valence-corrected chi connectivity index (χ0v) is 13.0. The summed E-state index contributed by atoms with van der Waals surface area (Å²) >= 11 is 0. The summed E-state index contributed by atoms with van der Waals surface area (Å²) in [5.41, 5.74) is 8.06. The molecule has 0 saturated heterocycles. The second kappa shape index (κ2) is 6.26. The van der Waals surface area contributed by atoms with Crippen LogP contribution in [0.1, 0.15) is 45.9 Å². The monoisotopic (exact) mass is 288 g/mol. The summed E-state index contributed by atoms with van der Waals surface area (Å²) in [6.07, 6.45) is 2.20. The molecule has 0 radical (unpaired) electrons. The van der Waals surface area contributed by atoms with E-state index in [0.717, 1.165) is 35.4 Å². The lowest BCUT2D eigenvalue weighted by Crippen LogP contribution is -2.13. The van der Waals surface area contributed by atoms with Crippen LogP contribution < -0.4 is 11.1 Å². The molecule has 0 atom stereocenters. The van der Waals surface area contributed by atoms with Crippen LogP contribution in [0, 0.1) is 0 Å². The number of anilines is 1. The molecule has 2 rings (SSSR count). The van der Waals surface area contributed by atoms with Gasteiger partial charge >= 0.3 is 0 Å². The summed E-state index contributed by atoms with van der Waals surface area (Å²) in [4.78, 5) is 19.7. The molecule has 0 fully saturated rings. The Morgan fingerprint density at radius 2 is 2.10 bits per heavy atom. The molecule has 0 unspecified atom stereocenters. The summed E-state index contributed by atoms with van der Waals surface area (Å²) in [7, 11) is 0. The van der Waals surface area contributed by atoms with Crippen molar-refractivity contribution < 1.29 is 4.79 Å². The molecule has 0 aliphatic heterocycles. The van der Waals surface area contributed by atoms with Crippen molar-refractivity contribution in [3.05, 3.63) is 24.0 Å². The summed E-state index contributed by atoms with van der Waals surface area (Å²) in [5.74, 6) is 0.974. The molecule has 1 aromatic carbocycles. The van der Waals surface area contributed by atoms with Gasteiger partial charge in [-0.2, -0.15) is 0 Å². The van der Waals surface area contributed by atoms with E-state index in [1.54, 1.807) is 0 Å². The Bertz CT molecular complexity index is 625. The first-order valence-corrected chi connectivity index (χ1v) is 7.40. The molecule has 0 saturated carbocycles. The summed E-state index contributed by atoms with van der Waals surface area (Å²) < 4.78 is 0. The number of hydrogen-bond acceptors (Lipinski definition) is 3. The predicted molar refractivity (Wildman–Crippen MR) is 86.3 cm³/mol. The molecule has 0 bridgehead atoms. The van der Waals surface area contributed by atoms with E-state index in [1.807, 2.05) is 18.2 Å². The standard InChI is InChI=1S/C16H24N4O/c1-16(2,3)15-19-12-8-7-11(10-13(12)20-15)18-14(21)6-4-5-9-17/h7-8,10H,4-6,9,17H2,1-3H3,(H,18,21)(H,19,20). The second-order valence-electron chi connectivity index (χ2n) is 6.36. The minimum absolute atomic E-state index is 0.0232. The lowest BCUT2D eigenvalue weighted by molar-refractivity contribution is -0.116. The molecule has 5 heteroatoms. The molecular formula is C16H24N4O. The maximum Gasteiger partial charge on any atom is 0.224 e. The fourth-order valence-electron chi connectivity index (χ4n) is 2.10. The van der Waals surface area contributed by atoms with Crippen LogP contribution in [0.5, 0.6) is 0 Å². The minimum Gasteiger partial charge on any atom is -0.341 e. The highest BCUT2D eigenvalue weighted by Gasteiger charge is 2.18. The molecule has 1 amide bonds. The summed E-state index contributed by atoms with van der Waals surface area (Å²) in [6, 6.07) is 5.74. The number of carbonyl (C=O) groups excluding carboxylic acids is 1. The zero-order chi connectivity index (χ0) is 15.5. The molecule has 21 heavy (non-hydrogen) atoms. The van der Waals surface area contributed by atoms with E-state index in [1.165, 1.54) is 0 Å². The largest absolute Gasteiger partial charge is 0.341 e. The zero-order valence-electron chi connectivity index (χ0n) is 13.0. The van der Waals surface area contributed by atoms with E-state index in [0.29, 0.717) is 13.0 Å². The van der Waals surface area contributed by atoms with E-state index >= 15 is 0 Å². The molecule has 4 N–H and O–H groups in total. The van der Waals surface area contributed by atoms with E-state index in [2.05, 4.69) is 36.1 Å². The molecular weight excluding hydrogens is 264 g/mol. The van der Waals surface area contributed by atoms with Crippen molar-refractivity contribution in [2.45, 2.75) is 45.4 Å². The van der Waals surface area contributed by atoms with Crippen molar-refractivity contribution in [2.24, 2.45) is 5.73 Å². The number of aromatic nitrogens is 2. The van der Waals surface area contributed by atoms with Crippen molar-refractivity contribution in [1.82, 2.24) is 9.97 Å². The van der Waals surface area contributed by atoms with Gasteiger partial charge in [0.25, 0.3) is 0 Å². The van der Waals surface area contributed by atoms with Crippen LogP contribution in [0.2, 0.25) is 0 Å². The third-order valence-corrected chi connectivity index (χ3v) is 3.33. The Morgan fingerprint density at radius 1 is 1.33 bits per heavy atom. The first-order valence-electron chi connectivity index (χ1n) is 7.40. The van der Waals surface area contributed by atoms with Gasteiger partial charge in [0.05, 0.1) is 11.0 Å². The van der Waals surface area contributed by atoms with Crippen LogP contribution in [0.15, 0.2) is 18.2 Å². The molecule has 0 spiro atoms. The Kier molecular flexibility index (Phi) is 4.63. The van der Waals surface area contributed by atoms with Crippen molar-refractivity contribution in [1.29, 1.82) is 0 Å². The van der Waals surface area contributed by atoms with E-state index in [-0.39, 0.29) is 11.3 Å². The van der Waals surface area contributed by atoms with Crippen LogP contribution in [-0.2, 0) is 10.2 Å². The van der Waals surface area contributed by atoms with Crippen molar-refractivity contribution in [2.75, 3.05) is 11.9 Å². The molecule has 0 aliphatic rings. The van der Waals surface area contributed by atoms with Crippen LogP contribution in [0.4, 0.5) is 5.69 Å². The normalized spacial score (nSPS) is 11.8. The minimum atomic E-state index is -0.0232. The van der Waals surface area contributed by atoms with Gasteiger partial charge in [0.1, 0.15) is 5.82 Å². The average Bonchev–Trinajstić information content (AvgIpc) is 2.82. The number of benzene rings is 1. The quantitative estimate of drug-likeness (QED) is 0.740. The highest BCUT2D eigenvalue weighted by atomic mass is 16.1. The van der Waals surface area contributed by atoms with Gasteiger partial charge in [-0.1, -0.05) is 20.8 Å². The maximum atomic E-state index is 11.8. The number of carbonyl (C=O) groups is 1. The molecule has 2 aromatic rings. The van der Waals surface area contributed by atoms with Crippen molar-refractivity contribution in [3.8, 4) is 0 Å². The molecule has 1 heterocycles. The number of fused-ring (bicyclic) bond motifs is 1. The van der Waals surface area contributed by atoms with Crippen LogP contribution >= 0.6 is 0 Å². The number of hydrogen-bond donors (Lipinski definition) is 3. The number of unbranched alkanes of at least 4 members (excludes halogenated alkanes) is 1.